The first kappa shape index (κ1) is 14.4. The Labute approximate surface area is 79.9 Å². The summed E-state index contributed by atoms with van der Waals surface area (Å²) < 4.78 is 84.4. The molecule has 0 aromatic rings. The summed E-state index contributed by atoms with van der Waals surface area (Å²) in [5.74, 6) is -11.7. The molecule has 3 N–H and O–H groups in total. The van der Waals surface area contributed by atoms with Crippen LogP contribution in [0.4, 0.5) is 30.7 Å². The van der Waals surface area contributed by atoms with E-state index in [-0.39, 0.29) is 0 Å². The van der Waals surface area contributed by atoms with Crippen molar-refractivity contribution in [3.05, 3.63) is 0 Å². The van der Waals surface area contributed by atoms with E-state index in [0.29, 0.717) is 0 Å². The summed E-state index contributed by atoms with van der Waals surface area (Å²) in [6, 6.07) is -2.76. The van der Waals surface area contributed by atoms with Gasteiger partial charge in [-0.15, -0.1) is 0 Å². The van der Waals surface area contributed by atoms with Gasteiger partial charge in [-0.3, -0.25) is 0 Å². The minimum Gasteiger partial charge on any atom is -0.396 e. The van der Waals surface area contributed by atoms with Gasteiger partial charge in [0.15, 0.2) is 0 Å². The second kappa shape index (κ2) is 4.12. The van der Waals surface area contributed by atoms with E-state index in [9.17, 15) is 30.7 Å². The van der Waals surface area contributed by atoms with E-state index in [0.717, 1.165) is 0 Å². The highest BCUT2D eigenvalue weighted by Crippen LogP contribution is 2.47. The average Bonchev–Trinajstić information content (AvgIpc) is 2.02. The lowest BCUT2D eigenvalue weighted by Crippen LogP contribution is -2.60. The maximum absolute atomic E-state index is 12.6. The fourth-order valence-electron chi connectivity index (χ4n) is 0.742. The second-order valence-corrected chi connectivity index (χ2v) is 2.81. The third-order valence-corrected chi connectivity index (χ3v) is 1.68. The van der Waals surface area contributed by atoms with E-state index >= 15 is 0 Å². The zero-order chi connectivity index (χ0) is 12.5. The topological polar surface area (TPSA) is 46.2 Å². The molecule has 0 radical (unpaired) electrons. The van der Waals surface area contributed by atoms with Crippen molar-refractivity contribution in [2.45, 2.75) is 30.5 Å². The highest BCUT2D eigenvalue weighted by molar-refractivity contribution is 4.97. The van der Waals surface area contributed by atoms with Crippen LogP contribution < -0.4 is 5.73 Å². The first-order chi connectivity index (χ1) is 6.48. The predicted molar refractivity (Wildman–Crippen MR) is 35.6 cm³/mol. The van der Waals surface area contributed by atoms with Crippen molar-refractivity contribution in [3.8, 4) is 0 Å². The second-order valence-electron chi connectivity index (χ2n) is 2.81. The third-order valence-electron chi connectivity index (χ3n) is 1.68. The summed E-state index contributed by atoms with van der Waals surface area (Å²) in [6.45, 7) is -1.01. The standard InChI is InChI=1S/C6H8F7NO/c7-4(8,3(14)1-2-15)5(9,10)6(11,12)13/h3,15H,1-2,14H2/t3-/m1/s1. The maximum atomic E-state index is 12.6. The van der Waals surface area contributed by atoms with Crippen LogP contribution in [0.2, 0.25) is 0 Å². The number of aliphatic hydroxyl groups is 1. The van der Waals surface area contributed by atoms with Gasteiger partial charge in [0.2, 0.25) is 0 Å². The van der Waals surface area contributed by atoms with Gasteiger partial charge < -0.3 is 10.8 Å². The Bertz CT molecular complexity index is 214. The first-order valence-corrected chi connectivity index (χ1v) is 3.67. The van der Waals surface area contributed by atoms with Gasteiger partial charge in [-0.25, -0.2) is 0 Å². The number of hydrogen-bond donors (Lipinski definition) is 2. The molecule has 0 aliphatic carbocycles. The smallest absolute Gasteiger partial charge is 0.396 e. The normalized spacial score (nSPS) is 16.6. The van der Waals surface area contributed by atoms with Crippen LogP contribution in [0.3, 0.4) is 0 Å². The van der Waals surface area contributed by atoms with Gasteiger partial charge in [-0.05, 0) is 6.42 Å². The molecule has 0 bridgehead atoms. The molecule has 9 heteroatoms. The Morgan fingerprint density at radius 3 is 1.67 bits per heavy atom. The molecule has 92 valence electrons. The van der Waals surface area contributed by atoms with E-state index in [2.05, 4.69) is 5.73 Å². The van der Waals surface area contributed by atoms with Crippen LogP contribution in [0.5, 0.6) is 0 Å². The van der Waals surface area contributed by atoms with Crippen molar-refractivity contribution < 1.29 is 35.8 Å². The Balaban J connectivity index is 5.00. The molecule has 2 nitrogen and oxygen atoms in total. The molecular weight excluding hydrogens is 235 g/mol. The van der Waals surface area contributed by atoms with Crippen LogP contribution in [0, 0.1) is 0 Å². The molecule has 0 aliphatic rings. The van der Waals surface area contributed by atoms with Crippen LogP contribution in [-0.2, 0) is 0 Å². The zero-order valence-electron chi connectivity index (χ0n) is 7.16. The fourth-order valence-corrected chi connectivity index (χ4v) is 0.742. The molecule has 1 atom stereocenters. The molecule has 0 spiro atoms. The number of aliphatic hydroxyl groups excluding tert-OH is 1. The first-order valence-electron chi connectivity index (χ1n) is 3.67. The number of alkyl halides is 7. The molecule has 0 aromatic heterocycles. The zero-order valence-corrected chi connectivity index (χ0v) is 7.16. The number of hydrogen-bond acceptors (Lipinski definition) is 2. The Hall–Kier alpha value is -0.570. The molecule has 0 rings (SSSR count). The molecule has 0 fully saturated rings. The fraction of sp³-hybridized carbons (Fsp3) is 1.00. The van der Waals surface area contributed by atoms with Gasteiger partial charge in [0.05, 0.1) is 6.04 Å². The van der Waals surface area contributed by atoms with Crippen molar-refractivity contribution in [3.63, 3.8) is 0 Å². The number of halogens is 7. The van der Waals surface area contributed by atoms with E-state index in [1.165, 1.54) is 0 Å². The summed E-state index contributed by atoms with van der Waals surface area (Å²) in [5.41, 5.74) is 4.45. The summed E-state index contributed by atoms with van der Waals surface area (Å²) in [5, 5.41) is 8.13. The molecule has 0 saturated heterocycles. The van der Waals surface area contributed by atoms with E-state index in [1.54, 1.807) is 0 Å². The van der Waals surface area contributed by atoms with Gasteiger partial charge in [-0.2, -0.15) is 30.7 Å². The van der Waals surface area contributed by atoms with Crippen LogP contribution in [0.25, 0.3) is 0 Å². The summed E-state index contributed by atoms with van der Waals surface area (Å²) in [4.78, 5) is 0. The highest BCUT2D eigenvalue weighted by Gasteiger charge is 2.74. The van der Waals surface area contributed by atoms with Crippen LogP contribution in [0.1, 0.15) is 6.42 Å². The number of nitrogens with two attached hydrogens (primary N) is 1. The van der Waals surface area contributed by atoms with Crippen LogP contribution in [0.15, 0.2) is 0 Å². The predicted octanol–water partition coefficient (Wildman–Crippen LogP) is 1.53. The van der Waals surface area contributed by atoms with Gasteiger partial charge in [0.1, 0.15) is 0 Å². The summed E-state index contributed by atoms with van der Waals surface area (Å²) >= 11 is 0. The molecular formula is C6H8F7NO. The monoisotopic (exact) mass is 243 g/mol. The van der Waals surface area contributed by atoms with Crippen molar-refractivity contribution in [1.29, 1.82) is 0 Å². The van der Waals surface area contributed by atoms with Crippen LogP contribution >= 0.6 is 0 Å². The lowest BCUT2D eigenvalue weighted by Gasteiger charge is -2.31. The third kappa shape index (κ3) is 2.51. The van der Waals surface area contributed by atoms with E-state index in [1.807, 2.05) is 0 Å². The minimum absolute atomic E-state index is 1.01. The Kier molecular flexibility index (Phi) is 3.97. The summed E-state index contributed by atoms with van der Waals surface area (Å²) in [7, 11) is 0. The molecule has 0 amide bonds. The van der Waals surface area contributed by atoms with Crippen molar-refractivity contribution in [2.75, 3.05) is 6.61 Å². The maximum Gasteiger partial charge on any atom is 0.459 e. The molecule has 15 heavy (non-hydrogen) atoms. The quantitative estimate of drug-likeness (QED) is 0.735. The van der Waals surface area contributed by atoms with Gasteiger partial charge in [-0.1, -0.05) is 0 Å². The average molecular weight is 243 g/mol. The van der Waals surface area contributed by atoms with Crippen molar-refractivity contribution in [1.82, 2.24) is 0 Å². The van der Waals surface area contributed by atoms with Gasteiger partial charge in [0, 0.05) is 6.61 Å². The molecule has 0 aliphatic heterocycles. The summed E-state index contributed by atoms with van der Waals surface area (Å²) in [6.07, 6.45) is -7.44. The van der Waals surface area contributed by atoms with E-state index < -0.39 is 37.1 Å². The SMILES string of the molecule is N[C@H](CCO)C(F)(F)C(F)(F)C(F)(F)F. The van der Waals surface area contributed by atoms with E-state index in [4.69, 9.17) is 5.11 Å². The minimum atomic E-state index is -6.39. The molecule has 0 aromatic carbocycles. The molecule has 0 unspecified atom stereocenters. The Morgan fingerprint density at radius 1 is 1.00 bits per heavy atom. The highest BCUT2D eigenvalue weighted by atomic mass is 19.4. The lowest BCUT2D eigenvalue weighted by atomic mass is 10.0. The largest absolute Gasteiger partial charge is 0.459 e. The van der Waals surface area contributed by atoms with Gasteiger partial charge >= 0.3 is 18.0 Å². The lowest BCUT2D eigenvalue weighted by molar-refractivity contribution is -0.358. The van der Waals surface area contributed by atoms with Crippen molar-refractivity contribution >= 4 is 0 Å². The number of rotatable bonds is 4. The van der Waals surface area contributed by atoms with Crippen molar-refractivity contribution in [2.24, 2.45) is 5.73 Å². The molecule has 0 saturated carbocycles. The van der Waals surface area contributed by atoms with Gasteiger partial charge in [0.25, 0.3) is 0 Å². The molecule has 0 heterocycles. The van der Waals surface area contributed by atoms with Crippen LogP contribution in [-0.4, -0.2) is 35.8 Å². The Morgan fingerprint density at radius 2 is 1.40 bits per heavy atom.